The van der Waals surface area contributed by atoms with E-state index in [-0.39, 0.29) is 11.6 Å². The average Bonchev–Trinajstić information content (AvgIpc) is 2.58. The molecular weight excluding hydrogens is 294 g/mol. The van der Waals surface area contributed by atoms with Gasteiger partial charge in [-0.25, -0.2) is 4.79 Å². The van der Waals surface area contributed by atoms with Gasteiger partial charge >= 0.3 is 5.69 Å². The Labute approximate surface area is 135 Å². The molecule has 0 bridgehead atoms. The fourth-order valence-electron chi connectivity index (χ4n) is 2.18. The van der Waals surface area contributed by atoms with Crippen molar-refractivity contribution in [3.8, 4) is 17.0 Å². The van der Waals surface area contributed by atoms with Crippen LogP contribution in [0.4, 0.5) is 0 Å². The minimum Gasteiger partial charge on any atom is -0.497 e. The molecule has 0 unspecified atom stereocenters. The molecule has 0 fully saturated rings. The van der Waals surface area contributed by atoms with E-state index in [9.17, 15) is 9.59 Å². The van der Waals surface area contributed by atoms with Crippen LogP contribution in [-0.4, -0.2) is 41.5 Å². The van der Waals surface area contributed by atoms with Gasteiger partial charge in [0.1, 0.15) is 11.4 Å². The Balaban J connectivity index is 2.31. The highest BCUT2D eigenvalue weighted by molar-refractivity contribution is 5.93. The van der Waals surface area contributed by atoms with Crippen LogP contribution < -0.4 is 10.4 Å². The number of aromatic amines is 1. The number of nitrogens with zero attached hydrogens (tertiary/aromatic N) is 2. The summed E-state index contributed by atoms with van der Waals surface area (Å²) in [6.07, 6.45) is 1.92. The SMILES string of the molecule is CCCCN(C)C(=O)c1cc(-c2ccc(OC)cc2)nc(=O)[nH]1. The van der Waals surface area contributed by atoms with Crippen molar-refractivity contribution in [2.24, 2.45) is 0 Å². The standard InChI is InChI=1S/C17H21N3O3/c1-4-5-10-20(2)16(21)15-11-14(18-17(22)19-15)12-6-8-13(23-3)9-7-12/h6-9,11H,4-5,10H2,1-3H3,(H,18,19,22). The second kappa shape index (κ2) is 7.58. The van der Waals surface area contributed by atoms with Gasteiger partial charge in [-0.15, -0.1) is 0 Å². The van der Waals surface area contributed by atoms with Gasteiger partial charge < -0.3 is 14.6 Å². The number of carbonyl (C=O) groups is 1. The van der Waals surface area contributed by atoms with Crippen LogP contribution in [-0.2, 0) is 0 Å². The van der Waals surface area contributed by atoms with Gasteiger partial charge in [0.2, 0.25) is 0 Å². The minimum absolute atomic E-state index is 0.215. The highest BCUT2D eigenvalue weighted by Crippen LogP contribution is 2.20. The molecule has 0 aliphatic carbocycles. The number of methoxy groups -OCH3 is 1. The summed E-state index contributed by atoms with van der Waals surface area (Å²) in [5, 5.41) is 0. The first kappa shape index (κ1) is 16.7. The van der Waals surface area contributed by atoms with E-state index in [1.54, 1.807) is 49.4 Å². The monoisotopic (exact) mass is 315 g/mol. The number of benzene rings is 1. The first-order valence-corrected chi connectivity index (χ1v) is 7.56. The first-order valence-electron chi connectivity index (χ1n) is 7.56. The third kappa shape index (κ3) is 4.18. The molecule has 0 aliphatic heterocycles. The number of hydrogen-bond donors (Lipinski definition) is 1. The molecule has 1 N–H and O–H groups in total. The summed E-state index contributed by atoms with van der Waals surface area (Å²) in [4.78, 5) is 32.2. The maximum atomic E-state index is 12.4. The molecule has 2 aromatic rings. The van der Waals surface area contributed by atoms with Gasteiger partial charge in [-0.05, 0) is 36.8 Å². The smallest absolute Gasteiger partial charge is 0.346 e. The molecule has 6 nitrogen and oxygen atoms in total. The highest BCUT2D eigenvalue weighted by Gasteiger charge is 2.14. The van der Waals surface area contributed by atoms with Crippen LogP contribution >= 0.6 is 0 Å². The van der Waals surface area contributed by atoms with E-state index in [1.165, 1.54) is 0 Å². The van der Waals surface area contributed by atoms with E-state index in [4.69, 9.17) is 4.74 Å². The predicted octanol–water partition coefficient (Wildman–Crippen LogP) is 2.32. The number of ether oxygens (including phenoxy) is 1. The van der Waals surface area contributed by atoms with E-state index in [2.05, 4.69) is 16.9 Å². The lowest BCUT2D eigenvalue weighted by Gasteiger charge is -2.16. The van der Waals surface area contributed by atoms with Crippen molar-refractivity contribution in [1.29, 1.82) is 0 Å². The predicted molar refractivity (Wildman–Crippen MR) is 88.7 cm³/mol. The molecule has 0 saturated carbocycles. The third-order valence-corrected chi connectivity index (χ3v) is 3.55. The number of rotatable bonds is 6. The summed E-state index contributed by atoms with van der Waals surface area (Å²) >= 11 is 0. The highest BCUT2D eigenvalue weighted by atomic mass is 16.5. The average molecular weight is 315 g/mol. The molecule has 2 rings (SSSR count). The quantitative estimate of drug-likeness (QED) is 0.887. The van der Waals surface area contributed by atoms with Crippen LogP contribution in [0, 0.1) is 0 Å². The largest absolute Gasteiger partial charge is 0.497 e. The molecule has 6 heteroatoms. The summed E-state index contributed by atoms with van der Waals surface area (Å²) in [7, 11) is 3.31. The van der Waals surface area contributed by atoms with Gasteiger partial charge in [-0.1, -0.05) is 13.3 Å². The Hall–Kier alpha value is -2.63. The molecule has 1 aromatic carbocycles. The van der Waals surface area contributed by atoms with Crippen molar-refractivity contribution in [3.05, 3.63) is 46.5 Å². The molecule has 0 radical (unpaired) electrons. The van der Waals surface area contributed by atoms with Crippen molar-refractivity contribution >= 4 is 5.91 Å². The van der Waals surface area contributed by atoms with Crippen LogP contribution in [0.5, 0.6) is 5.75 Å². The first-order chi connectivity index (χ1) is 11.0. The second-order valence-electron chi connectivity index (χ2n) is 5.29. The van der Waals surface area contributed by atoms with Crippen molar-refractivity contribution in [3.63, 3.8) is 0 Å². The number of aromatic nitrogens is 2. The molecule has 1 heterocycles. The van der Waals surface area contributed by atoms with E-state index >= 15 is 0 Å². The maximum absolute atomic E-state index is 12.4. The van der Waals surface area contributed by atoms with Gasteiger partial charge in [0, 0.05) is 19.2 Å². The molecule has 0 saturated heterocycles. The normalized spacial score (nSPS) is 10.4. The van der Waals surface area contributed by atoms with Crippen LogP contribution in [0.3, 0.4) is 0 Å². The molecule has 1 aromatic heterocycles. The fraction of sp³-hybridized carbons (Fsp3) is 0.353. The van der Waals surface area contributed by atoms with Crippen LogP contribution in [0.25, 0.3) is 11.3 Å². The number of carbonyl (C=O) groups excluding carboxylic acids is 1. The topological polar surface area (TPSA) is 75.3 Å². The van der Waals surface area contributed by atoms with Crippen LogP contribution in [0.1, 0.15) is 30.3 Å². The zero-order valence-corrected chi connectivity index (χ0v) is 13.6. The van der Waals surface area contributed by atoms with E-state index < -0.39 is 5.69 Å². The molecular formula is C17H21N3O3. The van der Waals surface area contributed by atoms with Gasteiger partial charge in [0.25, 0.3) is 5.91 Å². The second-order valence-corrected chi connectivity index (χ2v) is 5.29. The molecule has 1 amide bonds. The lowest BCUT2D eigenvalue weighted by molar-refractivity contribution is 0.0787. The number of H-pyrrole nitrogens is 1. The van der Waals surface area contributed by atoms with Gasteiger partial charge in [0.15, 0.2) is 0 Å². The number of unbranched alkanes of at least 4 members (excludes halogenated alkanes) is 1. The molecule has 23 heavy (non-hydrogen) atoms. The van der Waals surface area contributed by atoms with Crippen molar-refractivity contribution < 1.29 is 9.53 Å². The number of hydrogen-bond acceptors (Lipinski definition) is 4. The summed E-state index contributed by atoms with van der Waals surface area (Å²) in [6, 6.07) is 8.78. The van der Waals surface area contributed by atoms with Gasteiger partial charge in [-0.2, -0.15) is 4.98 Å². The van der Waals surface area contributed by atoms with Crippen molar-refractivity contribution in [1.82, 2.24) is 14.9 Å². The Morgan fingerprint density at radius 3 is 2.61 bits per heavy atom. The zero-order chi connectivity index (χ0) is 16.8. The Kier molecular flexibility index (Phi) is 5.51. The zero-order valence-electron chi connectivity index (χ0n) is 13.6. The van der Waals surface area contributed by atoms with E-state index in [0.29, 0.717) is 18.0 Å². The van der Waals surface area contributed by atoms with Crippen LogP contribution in [0.2, 0.25) is 0 Å². The van der Waals surface area contributed by atoms with E-state index in [0.717, 1.165) is 18.4 Å². The molecule has 0 aliphatic rings. The maximum Gasteiger partial charge on any atom is 0.346 e. The van der Waals surface area contributed by atoms with E-state index in [1.807, 2.05) is 0 Å². The minimum atomic E-state index is -0.537. The molecule has 0 atom stereocenters. The lowest BCUT2D eigenvalue weighted by Crippen LogP contribution is -2.30. The summed E-state index contributed by atoms with van der Waals surface area (Å²) < 4.78 is 5.11. The fourth-order valence-corrected chi connectivity index (χ4v) is 2.18. The molecule has 0 spiro atoms. The number of nitrogens with one attached hydrogen (secondary N) is 1. The molecule has 122 valence electrons. The Morgan fingerprint density at radius 2 is 2.00 bits per heavy atom. The van der Waals surface area contributed by atoms with Gasteiger partial charge in [0.05, 0.1) is 12.8 Å². The van der Waals surface area contributed by atoms with Crippen molar-refractivity contribution in [2.75, 3.05) is 20.7 Å². The number of amides is 1. The summed E-state index contributed by atoms with van der Waals surface area (Å²) in [5.41, 5.74) is 0.922. The van der Waals surface area contributed by atoms with Gasteiger partial charge in [-0.3, -0.25) is 4.79 Å². The third-order valence-electron chi connectivity index (χ3n) is 3.55. The lowest BCUT2D eigenvalue weighted by atomic mass is 10.1. The van der Waals surface area contributed by atoms with Crippen molar-refractivity contribution in [2.45, 2.75) is 19.8 Å². The summed E-state index contributed by atoms with van der Waals surface area (Å²) in [5.74, 6) is 0.502. The summed E-state index contributed by atoms with van der Waals surface area (Å²) in [6.45, 7) is 2.71. The Bertz CT molecular complexity index is 723. The van der Waals surface area contributed by atoms with Crippen LogP contribution in [0.15, 0.2) is 35.1 Å². The Morgan fingerprint density at radius 1 is 1.30 bits per heavy atom.